The largest absolute Gasteiger partial charge is 0.381 e. The monoisotopic (exact) mass is 331 g/mol. The molecule has 2 fully saturated rings. The molecule has 1 aromatic carbocycles. The van der Waals surface area contributed by atoms with Crippen LogP contribution in [-0.2, 0) is 14.3 Å². The Morgan fingerprint density at radius 3 is 2.54 bits per heavy atom. The van der Waals surface area contributed by atoms with Crippen molar-refractivity contribution in [2.45, 2.75) is 44.2 Å². The second-order valence-corrected chi connectivity index (χ2v) is 6.70. The van der Waals surface area contributed by atoms with Crippen LogP contribution in [0.2, 0.25) is 0 Å². The second kappa shape index (κ2) is 6.91. The molecule has 0 aliphatic carbocycles. The summed E-state index contributed by atoms with van der Waals surface area (Å²) in [4.78, 5) is 26.1. The maximum absolute atomic E-state index is 12.5. The molecule has 1 unspecified atom stereocenters. The van der Waals surface area contributed by atoms with E-state index in [1.54, 1.807) is 0 Å². The lowest BCUT2D eigenvalue weighted by Gasteiger charge is -2.33. The first-order chi connectivity index (χ1) is 11.5. The minimum absolute atomic E-state index is 0.128. The highest BCUT2D eigenvalue weighted by molar-refractivity contribution is 5.95. The zero-order valence-electron chi connectivity index (χ0n) is 14.1. The summed E-state index contributed by atoms with van der Waals surface area (Å²) in [6.07, 6.45) is 2.62. The number of carbonyl (C=O) groups excluding carboxylic acids is 2. The third-order valence-corrected chi connectivity index (χ3v) is 4.96. The highest BCUT2D eigenvalue weighted by Crippen LogP contribution is 2.24. The van der Waals surface area contributed by atoms with Crippen molar-refractivity contribution in [2.24, 2.45) is 5.73 Å². The van der Waals surface area contributed by atoms with E-state index in [9.17, 15) is 9.59 Å². The molecule has 130 valence electrons. The molecule has 0 radical (unpaired) electrons. The van der Waals surface area contributed by atoms with Gasteiger partial charge in [0.2, 0.25) is 11.8 Å². The number of carbonyl (C=O) groups is 2. The van der Waals surface area contributed by atoms with Crippen molar-refractivity contribution in [2.75, 3.05) is 24.7 Å². The standard InChI is InChI=1S/C18H25N3O3/c1-13(20-17(23)18(19)8-11-24-12-9-18)14-4-6-15(7-5-14)21-10-2-3-16(21)22/h4-7,13H,2-3,8-12,19H2,1H3,(H,20,23). The highest BCUT2D eigenvalue weighted by atomic mass is 16.5. The van der Waals surface area contributed by atoms with Gasteiger partial charge < -0.3 is 20.7 Å². The summed E-state index contributed by atoms with van der Waals surface area (Å²) in [7, 11) is 0. The van der Waals surface area contributed by atoms with Gasteiger partial charge >= 0.3 is 0 Å². The van der Waals surface area contributed by atoms with E-state index in [1.165, 1.54) is 0 Å². The Morgan fingerprint density at radius 2 is 1.96 bits per heavy atom. The molecule has 0 spiro atoms. The van der Waals surface area contributed by atoms with Gasteiger partial charge in [-0.3, -0.25) is 9.59 Å². The molecule has 2 heterocycles. The van der Waals surface area contributed by atoms with Crippen LogP contribution < -0.4 is 16.0 Å². The van der Waals surface area contributed by atoms with Gasteiger partial charge in [0.25, 0.3) is 0 Å². The van der Waals surface area contributed by atoms with Crippen LogP contribution >= 0.6 is 0 Å². The van der Waals surface area contributed by atoms with E-state index in [0.29, 0.717) is 32.5 Å². The molecule has 0 saturated carbocycles. The molecule has 1 aromatic rings. The van der Waals surface area contributed by atoms with Gasteiger partial charge in [-0.25, -0.2) is 0 Å². The molecule has 3 N–H and O–H groups in total. The zero-order valence-corrected chi connectivity index (χ0v) is 14.1. The molecule has 0 bridgehead atoms. The van der Waals surface area contributed by atoms with E-state index in [1.807, 2.05) is 36.1 Å². The number of nitrogens with two attached hydrogens (primary N) is 1. The van der Waals surface area contributed by atoms with E-state index in [0.717, 1.165) is 24.2 Å². The average Bonchev–Trinajstić information content (AvgIpc) is 3.01. The molecular weight excluding hydrogens is 306 g/mol. The van der Waals surface area contributed by atoms with Gasteiger partial charge in [0.15, 0.2) is 0 Å². The van der Waals surface area contributed by atoms with Gasteiger partial charge in [0, 0.05) is 31.9 Å². The van der Waals surface area contributed by atoms with Crippen LogP contribution in [0.4, 0.5) is 5.69 Å². The number of anilines is 1. The number of hydrogen-bond donors (Lipinski definition) is 2. The summed E-state index contributed by atoms with van der Waals surface area (Å²) in [6.45, 7) is 3.77. The Hall–Kier alpha value is -1.92. The van der Waals surface area contributed by atoms with Gasteiger partial charge in [-0.1, -0.05) is 12.1 Å². The van der Waals surface area contributed by atoms with Crippen LogP contribution in [0.1, 0.15) is 44.2 Å². The maximum Gasteiger partial charge on any atom is 0.240 e. The molecular formula is C18H25N3O3. The molecule has 0 aromatic heterocycles. The molecule has 2 saturated heterocycles. The van der Waals surface area contributed by atoms with Crippen molar-refractivity contribution in [1.82, 2.24) is 5.32 Å². The number of rotatable bonds is 4. The number of hydrogen-bond acceptors (Lipinski definition) is 4. The number of nitrogens with one attached hydrogen (secondary N) is 1. The van der Waals surface area contributed by atoms with Crippen molar-refractivity contribution in [3.05, 3.63) is 29.8 Å². The Kier molecular flexibility index (Phi) is 4.87. The van der Waals surface area contributed by atoms with E-state index in [-0.39, 0.29) is 17.9 Å². The smallest absolute Gasteiger partial charge is 0.240 e. The Morgan fingerprint density at radius 1 is 1.29 bits per heavy atom. The summed E-state index contributed by atoms with van der Waals surface area (Å²) in [5.41, 5.74) is 7.29. The summed E-state index contributed by atoms with van der Waals surface area (Å²) >= 11 is 0. The number of benzene rings is 1. The highest BCUT2D eigenvalue weighted by Gasteiger charge is 2.36. The minimum atomic E-state index is -0.839. The number of amides is 2. The van der Waals surface area contributed by atoms with Crippen molar-refractivity contribution < 1.29 is 14.3 Å². The second-order valence-electron chi connectivity index (χ2n) is 6.70. The molecule has 3 rings (SSSR count). The molecule has 2 aliphatic heterocycles. The van der Waals surface area contributed by atoms with E-state index >= 15 is 0 Å². The quantitative estimate of drug-likeness (QED) is 0.875. The van der Waals surface area contributed by atoms with Gasteiger partial charge in [0.1, 0.15) is 0 Å². The Labute approximate surface area is 142 Å². The lowest BCUT2D eigenvalue weighted by atomic mass is 9.90. The van der Waals surface area contributed by atoms with Crippen LogP contribution in [0, 0.1) is 0 Å². The van der Waals surface area contributed by atoms with Crippen LogP contribution in [0.25, 0.3) is 0 Å². The fourth-order valence-electron chi connectivity index (χ4n) is 3.25. The van der Waals surface area contributed by atoms with Crippen molar-refractivity contribution >= 4 is 17.5 Å². The first kappa shape index (κ1) is 16.9. The number of ether oxygens (including phenoxy) is 1. The normalized spacial score (nSPS) is 21.6. The summed E-state index contributed by atoms with van der Waals surface area (Å²) in [5, 5.41) is 3.00. The lowest BCUT2D eigenvalue weighted by molar-refractivity contribution is -0.130. The van der Waals surface area contributed by atoms with E-state index in [2.05, 4.69) is 5.32 Å². The molecule has 2 amide bonds. The first-order valence-electron chi connectivity index (χ1n) is 8.57. The van der Waals surface area contributed by atoms with E-state index in [4.69, 9.17) is 10.5 Å². The SMILES string of the molecule is CC(NC(=O)C1(N)CCOCC1)c1ccc(N2CCCC2=O)cc1. The Balaban J connectivity index is 1.63. The molecule has 6 nitrogen and oxygen atoms in total. The summed E-state index contributed by atoms with van der Waals surface area (Å²) in [5.74, 6) is 0.0470. The molecule has 1 atom stereocenters. The summed E-state index contributed by atoms with van der Waals surface area (Å²) in [6, 6.07) is 7.66. The molecule has 24 heavy (non-hydrogen) atoms. The summed E-state index contributed by atoms with van der Waals surface area (Å²) < 4.78 is 5.28. The topological polar surface area (TPSA) is 84.7 Å². The van der Waals surface area contributed by atoms with Gasteiger partial charge in [-0.2, -0.15) is 0 Å². The fraction of sp³-hybridized carbons (Fsp3) is 0.556. The van der Waals surface area contributed by atoms with Gasteiger partial charge in [-0.05, 0) is 43.9 Å². The van der Waals surface area contributed by atoms with Crippen LogP contribution in [-0.4, -0.2) is 37.1 Å². The van der Waals surface area contributed by atoms with Gasteiger partial charge in [0.05, 0.1) is 11.6 Å². The maximum atomic E-state index is 12.5. The van der Waals surface area contributed by atoms with E-state index < -0.39 is 5.54 Å². The Bertz CT molecular complexity index is 608. The van der Waals surface area contributed by atoms with Crippen molar-refractivity contribution in [1.29, 1.82) is 0 Å². The fourth-order valence-corrected chi connectivity index (χ4v) is 3.25. The lowest BCUT2D eigenvalue weighted by Crippen LogP contribution is -2.57. The number of nitrogens with zero attached hydrogens (tertiary/aromatic N) is 1. The van der Waals surface area contributed by atoms with Crippen molar-refractivity contribution in [3.63, 3.8) is 0 Å². The average molecular weight is 331 g/mol. The minimum Gasteiger partial charge on any atom is -0.381 e. The molecule has 6 heteroatoms. The molecule has 2 aliphatic rings. The van der Waals surface area contributed by atoms with Crippen LogP contribution in [0.5, 0.6) is 0 Å². The third-order valence-electron chi connectivity index (χ3n) is 4.96. The first-order valence-corrected chi connectivity index (χ1v) is 8.57. The predicted octanol–water partition coefficient (Wildman–Crippen LogP) is 1.50. The predicted molar refractivity (Wildman–Crippen MR) is 91.6 cm³/mol. The van der Waals surface area contributed by atoms with Crippen LogP contribution in [0.15, 0.2) is 24.3 Å². The van der Waals surface area contributed by atoms with Crippen molar-refractivity contribution in [3.8, 4) is 0 Å². The zero-order chi connectivity index (χ0) is 17.2. The van der Waals surface area contributed by atoms with Gasteiger partial charge in [-0.15, -0.1) is 0 Å². The third kappa shape index (κ3) is 3.44. The van der Waals surface area contributed by atoms with Crippen LogP contribution in [0.3, 0.4) is 0 Å².